The number of carbonyl (C=O) groups excluding carboxylic acids is 1. The molecule has 0 saturated carbocycles. The van der Waals surface area contributed by atoms with E-state index in [0.717, 1.165) is 5.56 Å². The molecule has 8 heteroatoms. The highest BCUT2D eigenvalue weighted by Crippen LogP contribution is 2.27. The molecule has 0 bridgehead atoms. The van der Waals surface area contributed by atoms with Crippen LogP contribution >= 0.6 is 11.6 Å². The van der Waals surface area contributed by atoms with Crippen molar-refractivity contribution in [1.29, 1.82) is 0 Å². The standard InChI is InChI=1S/C20H24ClN3O3S/c1-22-10-12-24(13-11-22)28(26,27)19-14-17(8-9-18(19)21)20(25)23(2)15-16-6-4-3-5-7-16/h3-9,14H,10-13,15H2,1-2H3. The van der Waals surface area contributed by atoms with Crippen LogP contribution in [0, 0.1) is 0 Å². The smallest absolute Gasteiger partial charge is 0.253 e. The van der Waals surface area contributed by atoms with Gasteiger partial charge in [0.1, 0.15) is 4.90 Å². The third-order valence-electron chi connectivity index (χ3n) is 4.87. The first-order valence-electron chi connectivity index (χ1n) is 9.06. The minimum Gasteiger partial charge on any atom is -0.337 e. The fraction of sp³-hybridized carbons (Fsp3) is 0.350. The van der Waals surface area contributed by atoms with E-state index in [9.17, 15) is 13.2 Å². The molecule has 2 aromatic carbocycles. The molecule has 150 valence electrons. The summed E-state index contributed by atoms with van der Waals surface area (Å²) in [5.41, 5.74) is 1.30. The summed E-state index contributed by atoms with van der Waals surface area (Å²) in [7, 11) is -0.103. The van der Waals surface area contributed by atoms with Crippen molar-refractivity contribution in [2.75, 3.05) is 40.3 Å². The number of piperazine rings is 1. The number of halogens is 1. The molecule has 0 spiro atoms. The second-order valence-corrected chi connectivity index (χ2v) is 9.31. The van der Waals surface area contributed by atoms with Crippen LogP contribution in [0.2, 0.25) is 5.02 Å². The summed E-state index contributed by atoms with van der Waals surface area (Å²) in [5.74, 6) is -0.254. The summed E-state index contributed by atoms with van der Waals surface area (Å²) in [6.07, 6.45) is 0. The van der Waals surface area contributed by atoms with Crippen molar-refractivity contribution in [1.82, 2.24) is 14.1 Å². The van der Waals surface area contributed by atoms with E-state index in [1.165, 1.54) is 16.4 Å². The second-order valence-electron chi connectivity index (χ2n) is 7.00. The lowest BCUT2D eigenvalue weighted by Gasteiger charge is -2.31. The van der Waals surface area contributed by atoms with Crippen LogP contribution in [0.1, 0.15) is 15.9 Å². The van der Waals surface area contributed by atoms with Crippen LogP contribution in [0.4, 0.5) is 0 Å². The SMILES string of the molecule is CN1CCN(S(=O)(=O)c2cc(C(=O)N(C)Cc3ccccc3)ccc2Cl)CC1. The van der Waals surface area contributed by atoms with Crippen molar-refractivity contribution >= 4 is 27.5 Å². The van der Waals surface area contributed by atoms with Crippen LogP contribution in [-0.2, 0) is 16.6 Å². The number of hydrogen-bond donors (Lipinski definition) is 0. The minimum atomic E-state index is -3.75. The van der Waals surface area contributed by atoms with E-state index < -0.39 is 10.0 Å². The molecule has 0 aliphatic carbocycles. The van der Waals surface area contributed by atoms with Crippen LogP contribution in [0.25, 0.3) is 0 Å². The first-order chi connectivity index (χ1) is 13.3. The van der Waals surface area contributed by atoms with Gasteiger partial charge in [-0.15, -0.1) is 0 Å². The Morgan fingerprint density at radius 2 is 1.71 bits per heavy atom. The van der Waals surface area contributed by atoms with Gasteiger partial charge in [-0.25, -0.2) is 8.42 Å². The average molecular weight is 422 g/mol. The van der Waals surface area contributed by atoms with Gasteiger partial charge in [0.25, 0.3) is 5.91 Å². The summed E-state index contributed by atoms with van der Waals surface area (Å²) >= 11 is 6.20. The van der Waals surface area contributed by atoms with E-state index in [1.54, 1.807) is 18.0 Å². The predicted molar refractivity (Wildman–Crippen MR) is 110 cm³/mol. The maximum absolute atomic E-state index is 13.0. The van der Waals surface area contributed by atoms with Crippen molar-refractivity contribution in [3.05, 3.63) is 64.7 Å². The van der Waals surface area contributed by atoms with Gasteiger partial charge in [0.05, 0.1) is 5.02 Å². The molecule has 0 aromatic heterocycles. The lowest BCUT2D eigenvalue weighted by Crippen LogP contribution is -2.47. The van der Waals surface area contributed by atoms with Gasteiger partial charge in [-0.2, -0.15) is 4.31 Å². The van der Waals surface area contributed by atoms with E-state index in [0.29, 0.717) is 38.3 Å². The van der Waals surface area contributed by atoms with Gasteiger partial charge in [0, 0.05) is 45.3 Å². The molecule has 1 amide bonds. The molecule has 28 heavy (non-hydrogen) atoms. The van der Waals surface area contributed by atoms with E-state index in [4.69, 9.17) is 11.6 Å². The van der Waals surface area contributed by atoms with Gasteiger partial charge < -0.3 is 9.80 Å². The average Bonchev–Trinajstić information content (AvgIpc) is 2.68. The van der Waals surface area contributed by atoms with Gasteiger partial charge in [0.2, 0.25) is 10.0 Å². The Balaban J connectivity index is 1.83. The van der Waals surface area contributed by atoms with E-state index in [2.05, 4.69) is 4.90 Å². The molecule has 3 rings (SSSR count). The van der Waals surface area contributed by atoms with Crippen LogP contribution in [-0.4, -0.2) is 68.7 Å². The zero-order chi connectivity index (χ0) is 20.3. The molecular formula is C20H24ClN3O3S. The van der Waals surface area contributed by atoms with Gasteiger partial charge in [-0.3, -0.25) is 4.79 Å². The van der Waals surface area contributed by atoms with E-state index in [1.807, 2.05) is 37.4 Å². The number of rotatable bonds is 5. The van der Waals surface area contributed by atoms with E-state index >= 15 is 0 Å². The molecule has 1 aliphatic heterocycles. The number of amides is 1. The number of likely N-dealkylation sites (N-methyl/N-ethyl adjacent to an activating group) is 1. The van der Waals surface area contributed by atoms with Crippen LogP contribution in [0.15, 0.2) is 53.4 Å². The highest BCUT2D eigenvalue weighted by atomic mass is 35.5. The summed E-state index contributed by atoms with van der Waals surface area (Å²) < 4.78 is 27.5. The summed E-state index contributed by atoms with van der Waals surface area (Å²) in [6.45, 7) is 2.57. The quantitative estimate of drug-likeness (QED) is 0.744. The zero-order valence-corrected chi connectivity index (χ0v) is 17.6. The number of benzene rings is 2. The summed E-state index contributed by atoms with van der Waals surface area (Å²) in [4.78, 5) is 16.4. The molecule has 0 N–H and O–H groups in total. The maximum Gasteiger partial charge on any atom is 0.253 e. The number of carbonyl (C=O) groups is 1. The van der Waals surface area contributed by atoms with Gasteiger partial charge >= 0.3 is 0 Å². The Morgan fingerprint density at radius 3 is 2.36 bits per heavy atom. The fourth-order valence-corrected chi connectivity index (χ4v) is 5.07. The van der Waals surface area contributed by atoms with Gasteiger partial charge in [-0.05, 0) is 30.8 Å². The Bertz CT molecular complexity index is 942. The molecule has 2 aromatic rings. The highest BCUT2D eigenvalue weighted by molar-refractivity contribution is 7.89. The largest absolute Gasteiger partial charge is 0.337 e. The van der Waals surface area contributed by atoms with Crippen molar-refractivity contribution in [3.8, 4) is 0 Å². The third kappa shape index (κ3) is 4.55. The molecule has 1 heterocycles. The predicted octanol–water partition coefficient (Wildman–Crippen LogP) is 2.55. The molecule has 0 unspecified atom stereocenters. The zero-order valence-electron chi connectivity index (χ0n) is 16.0. The highest BCUT2D eigenvalue weighted by Gasteiger charge is 2.30. The van der Waals surface area contributed by atoms with Crippen LogP contribution in [0.3, 0.4) is 0 Å². The lowest BCUT2D eigenvalue weighted by atomic mass is 10.1. The van der Waals surface area contributed by atoms with Gasteiger partial charge in [-0.1, -0.05) is 41.9 Å². The lowest BCUT2D eigenvalue weighted by molar-refractivity contribution is 0.0785. The third-order valence-corrected chi connectivity index (χ3v) is 7.25. The Morgan fingerprint density at radius 1 is 1.07 bits per heavy atom. The Labute approximate surface area is 171 Å². The summed E-state index contributed by atoms with van der Waals surface area (Å²) in [5, 5.41) is 0.126. The minimum absolute atomic E-state index is 0.0160. The number of hydrogen-bond acceptors (Lipinski definition) is 4. The van der Waals surface area contributed by atoms with Crippen molar-refractivity contribution in [3.63, 3.8) is 0 Å². The molecule has 0 atom stereocenters. The molecule has 6 nitrogen and oxygen atoms in total. The van der Waals surface area contributed by atoms with Crippen LogP contribution in [0.5, 0.6) is 0 Å². The monoisotopic (exact) mass is 421 g/mol. The fourth-order valence-electron chi connectivity index (χ4n) is 3.15. The van der Waals surface area contributed by atoms with Crippen molar-refractivity contribution in [2.24, 2.45) is 0 Å². The normalized spacial score (nSPS) is 16.1. The molecule has 1 fully saturated rings. The molecular weight excluding hydrogens is 398 g/mol. The first-order valence-corrected chi connectivity index (χ1v) is 10.9. The van der Waals surface area contributed by atoms with Crippen LogP contribution < -0.4 is 0 Å². The maximum atomic E-state index is 13.0. The second kappa shape index (κ2) is 8.61. The Kier molecular flexibility index (Phi) is 6.40. The van der Waals surface area contributed by atoms with Gasteiger partial charge in [0.15, 0.2) is 0 Å². The van der Waals surface area contributed by atoms with Crippen molar-refractivity contribution < 1.29 is 13.2 Å². The summed E-state index contributed by atoms with van der Waals surface area (Å²) in [6, 6.07) is 14.1. The molecule has 1 saturated heterocycles. The first kappa shape index (κ1) is 20.8. The Hall–Kier alpha value is -1.93. The topological polar surface area (TPSA) is 60.9 Å². The van der Waals surface area contributed by atoms with Crippen molar-refractivity contribution in [2.45, 2.75) is 11.4 Å². The molecule has 0 radical (unpaired) electrons. The number of nitrogens with zero attached hydrogens (tertiary/aromatic N) is 3. The molecule has 1 aliphatic rings. The number of sulfonamides is 1. The van der Waals surface area contributed by atoms with E-state index in [-0.39, 0.29) is 15.8 Å².